The van der Waals surface area contributed by atoms with Crippen molar-refractivity contribution in [1.29, 1.82) is 0 Å². The van der Waals surface area contributed by atoms with Gasteiger partial charge in [0.15, 0.2) is 0 Å². The third kappa shape index (κ3) is 3.63. The highest BCUT2D eigenvalue weighted by Gasteiger charge is 2.25. The van der Waals surface area contributed by atoms with Crippen molar-refractivity contribution in [3.05, 3.63) is 65.3 Å². The average molecular weight is 368 g/mol. The maximum absolute atomic E-state index is 12.6. The zero-order valence-electron chi connectivity index (χ0n) is 14.1. The maximum Gasteiger partial charge on any atom is 0.253 e. The largest absolute Gasteiger partial charge is 0.473 e. The summed E-state index contributed by atoms with van der Waals surface area (Å²) < 4.78 is 5.98. The quantitative estimate of drug-likeness (QED) is 0.703. The van der Waals surface area contributed by atoms with Gasteiger partial charge in [0.05, 0.1) is 17.2 Å². The van der Waals surface area contributed by atoms with Gasteiger partial charge in [0.2, 0.25) is 5.88 Å². The monoisotopic (exact) mass is 367 g/mol. The SMILES string of the molecule is O=C(c1cccc(Cl)c1)N1CCC(Oc2cnc3ccccc3n2)CC1. The molecule has 0 spiro atoms. The molecule has 1 aromatic heterocycles. The summed E-state index contributed by atoms with van der Waals surface area (Å²) in [5.41, 5.74) is 2.29. The molecule has 1 aliphatic heterocycles. The van der Waals surface area contributed by atoms with E-state index in [2.05, 4.69) is 9.97 Å². The van der Waals surface area contributed by atoms with Crippen molar-refractivity contribution in [1.82, 2.24) is 14.9 Å². The van der Waals surface area contributed by atoms with Gasteiger partial charge in [-0.2, -0.15) is 0 Å². The standard InChI is InChI=1S/C20H18ClN3O2/c21-15-5-3-4-14(12-15)20(25)24-10-8-16(9-11-24)26-19-13-22-17-6-1-2-7-18(17)23-19/h1-7,12-13,16H,8-11H2. The topological polar surface area (TPSA) is 55.3 Å². The lowest BCUT2D eigenvalue weighted by Gasteiger charge is -2.32. The van der Waals surface area contributed by atoms with E-state index in [4.69, 9.17) is 16.3 Å². The Morgan fingerprint density at radius 3 is 2.62 bits per heavy atom. The van der Waals surface area contributed by atoms with E-state index in [0.29, 0.717) is 29.6 Å². The van der Waals surface area contributed by atoms with Crippen LogP contribution in [0.15, 0.2) is 54.7 Å². The normalized spacial score (nSPS) is 15.2. The number of likely N-dealkylation sites (tertiary alicyclic amines) is 1. The van der Waals surface area contributed by atoms with Gasteiger partial charge in [-0.1, -0.05) is 29.8 Å². The molecular formula is C20H18ClN3O2. The second-order valence-electron chi connectivity index (χ2n) is 6.32. The van der Waals surface area contributed by atoms with Crippen LogP contribution in [0, 0.1) is 0 Å². The molecule has 6 heteroatoms. The van der Waals surface area contributed by atoms with E-state index < -0.39 is 0 Å². The number of aromatic nitrogens is 2. The van der Waals surface area contributed by atoms with Gasteiger partial charge in [0.25, 0.3) is 5.91 Å². The number of benzene rings is 2. The minimum absolute atomic E-state index is 0.0106. The van der Waals surface area contributed by atoms with Gasteiger partial charge in [-0.15, -0.1) is 0 Å². The zero-order valence-corrected chi connectivity index (χ0v) is 14.9. The molecule has 2 heterocycles. The van der Waals surface area contributed by atoms with Gasteiger partial charge in [0, 0.05) is 36.5 Å². The third-order valence-corrected chi connectivity index (χ3v) is 4.75. The number of ether oxygens (including phenoxy) is 1. The molecule has 0 atom stereocenters. The molecule has 5 nitrogen and oxygen atoms in total. The minimum Gasteiger partial charge on any atom is -0.473 e. The van der Waals surface area contributed by atoms with Gasteiger partial charge in [-0.05, 0) is 30.3 Å². The van der Waals surface area contributed by atoms with Crippen LogP contribution in [0.4, 0.5) is 0 Å². The predicted octanol–water partition coefficient (Wildman–Crippen LogP) is 3.97. The summed E-state index contributed by atoms with van der Waals surface area (Å²) in [6.07, 6.45) is 3.22. The van der Waals surface area contributed by atoms with E-state index >= 15 is 0 Å². The summed E-state index contributed by atoms with van der Waals surface area (Å²) in [6, 6.07) is 14.8. The van der Waals surface area contributed by atoms with E-state index in [9.17, 15) is 4.79 Å². The molecule has 0 saturated carbocycles. The highest BCUT2D eigenvalue weighted by atomic mass is 35.5. The first-order valence-electron chi connectivity index (χ1n) is 8.62. The second kappa shape index (κ2) is 7.30. The van der Waals surface area contributed by atoms with Crippen LogP contribution in [0.25, 0.3) is 11.0 Å². The van der Waals surface area contributed by atoms with E-state index in [0.717, 1.165) is 23.9 Å². The molecule has 1 fully saturated rings. The number of halogens is 1. The summed E-state index contributed by atoms with van der Waals surface area (Å²) in [5.74, 6) is 0.541. The van der Waals surface area contributed by atoms with Gasteiger partial charge in [0.1, 0.15) is 6.10 Å². The molecular weight excluding hydrogens is 350 g/mol. The van der Waals surface area contributed by atoms with Crippen LogP contribution < -0.4 is 4.74 Å². The van der Waals surface area contributed by atoms with Crippen molar-refractivity contribution in [3.63, 3.8) is 0 Å². The lowest BCUT2D eigenvalue weighted by Crippen LogP contribution is -2.41. The van der Waals surface area contributed by atoms with Crippen LogP contribution in [0.3, 0.4) is 0 Å². The Morgan fingerprint density at radius 1 is 1.08 bits per heavy atom. The van der Waals surface area contributed by atoms with Crippen LogP contribution in [0.2, 0.25) is 5.02 Å². The second-order valence-corrected chi connectivity index (χ2v) is 6.75. The van der Waals surface area contributed by atoms with Crippen molar-refractivity contribution in [2.75, 3.05) is 13.1 Å². The third-order valence-electron chi connectivity index (χ3n) is 4.51. The molecule has 1 saturated heterocycles. The Kier molecular flexibility index (Phi) is 4.71. The molecule has 3 aromatic rings. The lowest BCUT2D eigenvalue weighted by atomic mass is 10.1. The molecule has 0 unspecified atom stereocenters. The Labute approximate surface area is 156 Å². The fourth-order valence-corrected chi connectivity index (χ4v) is 3.34. The van der Waals surface area contributed by atoms with Crippen LogP contribution in [-0.2, 0) is 0 Å². The Hall–Kier alpha value is -2.66. The number of para-hydroxylation sites is 2. The van der Waals surface area contributed by atoms with Crippen LogP contribution >= 0.6 is 11.6 Å². The molecule has 132 valence electrons. The summed E-state index contributed by atoms with van der Waals surface area (Å²) in [5, 5.41) is 0.573. The van der Waals surface area contributed by atoms with Gasteiger partial charge in [-0.25, -0.2) is 9.97 Å². The number of fused-ring (bicyclic) bond motifs is 1. The Morgan fingerprint density at radius 2 is 1.85 bits per heavy atom. The Bertz CT molecular complexity index is 939. The molecule has 0 N–H and O–H groups in total. The van der Waals surface area contributed by atoms with Crippen molar-refractivity contribution >= 4 is 28.5 Å². The van der Waals surface area contributed by atoms with E-state index in [-0.39, 0.29) is 12.0 Å². The number of piperidine rings is 1. The van der Waals surface area contributed by atoms with E-state index in [1.165, 1.54) is 0 Å². The van der Waals surface area contributed by atoms with Crippen LogP contribution in [-0.4, -0.2) is 40.0 Å². The highest BCUT2D eigenvalue weighted by molar-refractivity contribution is 6.30. The summed E-state index contributed by atoms with van der Waals surface area (Å²) in [7, 11) is 0. The number of hydrogen-bond acceptors (Lipinski definition) is 4. The highest BCUT2D eigenvalue weighted by Crippen LogP contribution is 2.21. The van der Waals surface area contributed by atoms with Gasteiger partial charge < -0.3 is 9.64 Å². The van der Waals surface area contributed by atoms with Crippen molar-refractivity contribution in [2.45, 2.75) is 18.9 Å². The number of carbonyl (C=O) groups is 1. The number of hydrogen-bond donors (Lipinski definition) is 0. The van der Waals surface area contributed by atoms with Gasteiger partial charge in [-0.3, -0.25) is 4.79 Å². The summed E-state index contributed by atoms with van der Waals surface area (Å²) in [4.78, 5) is 23.3. The fourth-order valence-electron chi connectivity index (χ4n) is 3.15. The van der Waals surface area contributed by atoms with Crippen LogP contribution in [0.1, 0.15) is 23.2 Å². The summed E-state index contributed by atoms with van der Waals surface area (Å²) >= 11 is 5.98. The predicted molar refractivity (Wildman–Crippen MR) is 101 cm³/mol. The number of nitrogens with zero attached hydrogens (tertiary/aromatic N) is 3. The van der Waals surface area contributed by atoms with Gasteiger partial charge >= 0.3 is 0 Å². The molecule has 26 heavy (non-hydrogen) atoms. The molecule has 0 bridgehead atoms. The zero-order chi connectivity index (χ0) is 17.9. The maximum atomic E-state index is 12.6. The number of amides is 1. The average Bonchev–Trinajstić information content (AvgIpc) is 2.68. The Balaban J connectivity index is 1.37. The molecule has 0 radical (unpaired) electrons. The van der Waals surface area contributed by atoms with E-state index in [1.54, 1.807) is 30.5 Å². The lowest BCUT2D eigenvalue weighted by molar-refractivity contribution is 0.0588. The van der Waals surface area contributed by atoms with Crippen molar-refractivity contribution in [3.8, 4) is 5.88 Å². The molecule has 2 aromatic carbocycles. The minimum atomic E-state index is 0.0106. The van der Waals surface area contributed by atoms with Crippen molar-refractivity contribution < 1.29 is 9.53 Å². The number of rotatable bonds is 3. The first-order valence-corrected chi connectivity index (χ1v) is 9.00. The van der Waals surface area contributed by atoms with Crippen molar-refractivity contribution in [2.24, 2.45) is 0 Å². The smallest absolute Gasteiger partial charge is 0.253 e. The fraction of sp³-hybridized carbons (Fsp3) is 0.250. The first-order chi connectivity index (χ1) is 12.7. The molecule has 0 aliphatic carbocycles. The van der Waals surface area contributed by atoms with E-state index in [1.807, 2.05) is 29.2 Å². The molecule has 1 aliphatic rings. The number of carbonyl (C=O) groups excluding carboxylic acids is 1. The molecule has 1 amide bonds. The summed E-state index contributed by atoms with van der Waals surface area (Å²) in [6.45, 7) is 1.30. The van der Waals surface area contributed by atoms with Crippen LogP contribution in [0.5, 0.6) is 5.88 Å². The first kappa shape index (κ1) is 16.8. The molecule has 4 rings (SSSR count).